The van der Waals surface area contributed by atoms with Gasteiger partial charge >= 0.3 is 0 Å². The summed E-state index contributed by atoms with van der Waals surface area (Å²) in [6.45, 7) is 5.81. The maximum absolute atomic E-state index is 3.81. The largest absolute Gasteiger partial charge is 0.0984 e. The van der Waals surface area contributed by atoms with E-state index >= 15 is 0 Å². The Labute approximate surface area is 108 Å². The molecular formula is C13H12Br2. The van der Waals surface area contributed by atoms with Crippen molar-refractivity contribution in [3.05, 3.63) is 63.6 Å². The third-order valence-electron chi connectivity index (χ3n) is 1.89. The van der Waals surface area contributed by atoms with Crippen LogP contribution >= 0.6 is 31.9 Å². The van der Waals surface area contributed by atoms with Crippen LogP contribution in [0.3, 0.4) is 0 Å². The quantitative estimate of drug-likeness (QED) is 0.659. The first-order valence-corrected chi connectivity index (χ1v) is 6.14. The van der Waals surface area contributed by atoms with Crippen molar-refractivity contribution in [3.8, 4) is 0 Å². The second-order valence-electron chi connectivity index (χ2n) is 3.09. The molecule has 0 aliphatic carbocycles. The van der Waals surface area contributed by atoms with Gasteiger partial charge in [-0.3, -0.25) is 0 Å². The van der Waals surface area contributed by atoms with Crippen molar-refractivity contribution in [2.45, 2.75) is 6.92 Å². The molecule has 2 heteroatoms. The molecule has 78 valence electrons. The van der Waals surface area contributed by atoms with E-state index in [4.69, 9.17) is 0 Å². The Morgan fingerprint density at radius 1 is 1.20 bits per heavy atom. The van der Waals surface area contributed by atoms with Gasteiger partial charge in [-0.25, -0.2) is 0 Å². The highest BCUT2D eigenvalue weighted by molar-refractivity contribution is 9.11. The lowest BCUT2D eigenvalue weighted by Crippen LogP contribution is -1.79. The van der Waals surface area contributed by atoms with Crippen LogP contribution in [0.5, 0.6) is 0 Å². The minimum Gasteiger partial charge on any atom is -0.0984 e. The fraction of sp³-hybridized carbons (Fsp3) is 0.0769. The summed E-state index contributed by atoms with van der Waals surface area (Å²) in [5, 5.41) is 0. The molecule has 0 amide bonds. The van der Waals surface area contributed by atoms with Crippen molar-refractivity contribution in [2.24, 2.45) is 0 Å². The Balaban J connectivity index is 3.02. The molecule has 0 aliphatic heterocycles. The molecule has 0 bridgehead atoms. The highest BCUT2D eigenvalue weighted by Gasteiger charge is 1.95. The normalized spacial score (nSPS) is 12.7. The molecule has 15 heavy (non-hydrogen) atoms. The van der Waals surface area contributed by atoms with E-state index in [-0.39, 0.29) is 0 Å². The lowest BCUT2D eigenvalue weighted by atomic mass is 10.1. The van der Waals surface area contributed by atoms with Gasteiger partial charge in [-0.2, -0.15) is 0 Å². The highest BCUT2D eigenvalue weighted by Crippen LogP contribution is 2.19. The predicted molar refractivity (Wildman–Crippen MR) is 75.0 cm³/mol. The number of benzene rings is 1. The molecule has 0 unspecified atom stereocenters. The second kappa shape index (κ2) is 6.09. The molecule has 0 atom stereocenters. The first-order valence-electron chi connectivity index (χ1n) is 4.56. The SMILES string of the molecule is C=C/C(=C\C=C(/C)Br)c1ccc(Br)cc1. The van der Waals surface area contributed by atoms with Crippen LogP contribution in [-0.4, -0.2) is 0 Å². The zero-order valence-corrected chi connectivity index (χ0v) is 11.7. The third kappa shape index (κ3) is 4.18. The van der Waals surface area contributed by atoms with E-state index in [2.05, 4.69) is 50.6 Å². The van der Waals surface area contributed by atoms with Gasteiger partial charge in [0.05, 0.1) is 0 Å². The molecule has 0 radical (unpaired) electrons. The number of halogens is 2. The number of hydrogen-bond donors (Lipinski definition) is 0. The molecule has 0 N–H and O–H groups in total. The van der Waals surface area contributed by atoms with Gasteiger partial charge in [0, 0.05) is 4.47 Å². The Kier molecular flexibility index (Phi) is 5.06. The topological polar surface area (TPSA) is 0 Å². The maximum Gasteiger partial charge on any atom is 0.0175 e. The van der Waals surface area contributed by atoms with Crippen LogP contribution in [0.1, 0.15) is 12.5 Å². The van der Waals surface area contributed by atoms with Crippen molar-refractivity contribution in [2.75, 3.05) is 0 Å². The average Bonchev–Trinajstić information content (AvgIpc) is 2.21. The molecule has 1 aromatic rings. The molecule has 0 saturated heterocycles. The van der Waals surface area contributed by atoms with Crippen LogP contribution in [0, 0.1) is 0 Å². The van der Waals surface area contributed by atoms with Gasteiger partial charge in [0.15, 0.2) is 0 Å². The van der Waals surface area contributed by atoms with Crippen LogP contribution < -0.4 is 0 Å². The zero-order valence-electron chi connectivity index (χ0n) is 8.50. The van der Waals surface area contributed by atoms with Crippen molar-refractivity contribution in [1.82, 2.24) is 0 Å². The molecule has 1 aromatic carbocycles. The van der Waals surface area contributed by atoms with E-state index in [9.17, 15) is 0 Å². The number of rotatable bonds is 3. The fourth-order valence-corrected chi connectivity index (χ4v) is 1.53. The average molecular weight is 328 g/mol. The number of allylic oxidation sites excluding steroid dienone is 5. The minimum absolute atomic E-state index is 1.09. The fourth-order valence-electron chi connectivity index (χ4n) is 1.13. The van der Waals surface area contributed by atoms with Crippen LogP contribution in [0.2, 0.25) is 0 Å². The molecule has 0 fully saturated rings. The van der Waals surface area contributed by atoms with E-state index in [0.717, 1.165) is 14.5 Å². The molecule has 1 rings (SSSR count). The molecule has 0 spiro atoms. The summed E-state index contributed by atoms with van der Waals surface area (Å²) >= 11 is 6.80. The van der Waals surface area contributed by atoms with E-state index < -0.39 is 0 Å². The summed E-state index contributed by atoms with van der Waals surface area (Å²) in [5.74, 6) is 0. The third-order valence-corrected chi connectivity index (χ3v) is 2.68. The van der Waals surface area contributed by atoms with Crippen LogP contribution in [-0.2, 0) is 0 Å². The van der Waals surface area contributed by atoms with E-state index in [0.29, 0.717) is 0 Å². The van der Waals surface area contributed by atoms with Gasteiger partial charge in [-0.1, -0.05) is 68.8 Å². The highest BCUT2D eigenvalue weighted by atomic mass is 79.9. The Bertz CT molecular complexity index is 393. The van der Waals surface area contributed by atoms with Gasteiger partial charge in [0.2, 0.25) is 0 Å². The van der Waals surface area contributed by atoms with Crippen LogP contribution in [0.15, 0.2) is 58.0 Å². The van der Waals surface area contributed by atoms with Crippen molar-refractivity contribution in [3.63, 3.8) is 0 Å². The van der Waals surface area contributed by atoms with Crippen molar-refractivity contribution in [1.29, 1.82) is 0 Å². The zero-order chi connectivity index (χ0) is 11.3. The first-order chi connectivity index (χ1) is 7.13. The first kappa shape index (κ1) is 12.5. The summed E-state index contributed by atoms with van der Waals surface area (Å²) in [5.41, 5.74) is 2.28. The van der Waals surface area contributed by atoms with Crippen LogP contribution in [0.4, 0.5) is 0 Å². The Morgan fingerprint density at radius 3 is 2.27 bits per heavy atom. The summed E-state index contributed by atoms with van der Waals surface area (Å²) in [7, 11) is 0. The maximum atomic E-state index is 3.81. The Hall–Kier alpha value is -0.600. The monoisotopic (exact) mass is 326 g/mol. The lowest BCUT2D eigenvalue weighted by molar-refractivity contribution is 1.58. The van der Waals surface area contributed by atoms with Gasteiger partial charge in [-0.05, 0) is 34.7 Å². The summed E-state index contributed by atoms with van der Waals surface area (Å²) < 4.78 is 2.18. The van der Waals surface area contributed by atoms with Gasteiger partial charge < -0.3 is 0 Å². The molecular weight excluding hydrogens is 316 g/mol. The minimum atomic E-state index is 1.09. The molecule has 0 nitrogen and oxygen atoms in total. The van der Waals surface area contributed by atoms with Crippen molar-refractivity contribution >= 4 is 37.4 Å². The number of hydrogen-bond acceptors (Lipinski definition) is 0. The van der Waals surface area contributed by atoms with Gasteiger partial charge in [0.25, 0.3) is 0 Å². The summed E-state index contributed by atoms with van der Waals surface area (Å²) in [4.78, 5) is 0. The molecule has 0 aromatic heterocycles. The summed E-state index contributed by atoms with van der Waals surface area (Å²) in [6.07, 6.45) is 5.91. The molecule has 0 heterocycles. The van der Waals surface area contributed by atoms with Crippen molar-refractivity contribution < 1.29 is 0 Å². The standard InChI is InChI=1S/C13H12Br2/c1-3-11(5-4-10(2)14)12-6-8-13(15)9-7-12/h3-9H,1H2,2H3/b10-4+,11-5+. The smallest absolute Gasteiger partial charge is 0.0175 e. The lowest BCUT2D eigenvalue weighted by Gasteiger charge is -2.01. The Morgan fingerprint density at radius 2 is 1.80 bits per heavy atom. The van der Waals surface area contributed by atoms with E-state index in [1.54, 1.807) is 0 Å². The molecule has 0 saturated carbocycles. The van der Waals surface area contributed by atoms with E-state index in [1.807, 2.05) is 37.3 Å². The van der Waals surface area contributed by atoms with Gasteiger partial charge in [-0.15, -0.1) is 0 Å². The second-order valence-corrected chi connectivity index (χ2v) is 5.25. The molecule has 0 aliphatic rings. The van der Waals surface area contributed by atoms with E-state index in [1.165, 1.54) is 5.56 Å². The van der Waals surface area contributed by atoms with Crippen LogP contribution in [0.25, 0.3) is 5.57 Å². The predicted octanol–water partition coefficient (Wildman–Crippen LogP) is 5.32. The van der Waals surface area contributed by atoms with Gasteiger partial charge in [0.1, 0.15) is 0 Å². The summed E-state index contributed by atoms with van der Waals surface area (Å²) in [6, 6.07) is 8.18.